The first-order valence-electron chi connectivity index (χ1n) is 5.30. The van der Waals surface area contributed by atoms with Crippen LogP contribution in [0.15, 0.2) is 0 Å². The topological polar surface area (TPSA) is 72.4 Å². The number of hydrogen-bond acceptors (Lipinski definition) is 4. The van der Waals surface area contributed by atoms with Crippen LogP contribution in [-0.2, 0) is 9.09 Å². The van der Waals surface area contributed by atoms with E-state index in [0.29, 0.717) is 0 Å². The molecule has 0 saturated carbocycles. The molecule has 0 amide bonds. The van der Waals surface area contributed by atoms with Crippen LogP contribution in [0.1, 0.15) is 6.92 Å². The van der Waals surface area contributed by atoms with Gasteiger partial charge in [0.1, 0.15) is 0 Å². The first-order valence-corrected chi connectivity index (χ1v) is 6.76. The molecule has 0 aromatic rings. The van der Waals surface area contributed by atoms with Crippen molar-refractivity contribution in [1.29, 1.82) is 0 Å². The molecule has 0 spiro atoms. The SMILES string of the molecule is CCOP(=O)([O-])[O-].C[N+](C)(C)C.C[N+](C)(C)C. The van der Waals surface area contributed by atoms with Crippen LogP contribution in [0.2, 0.25) is 0 Å². The Morgan fingerprint density at radius 1 is 0.882 bits per heavy atom. The van der Waals surface area contributed by atoms with Gasteiger partial charge in [-0.25, -0.2) is 0 Å². The predicted octanol–water partition coefficient (Wildman–Crippen LogP) is -0.504. The maximum atomic E-state index is 9.48. The Balaban J connectivity index is -0.000000177. The second kappa shape index (κ2) is 9.03. The zero-order valence-corrected chi connectivity index (χ0v) is 13.6. The molecule has 0 rings (SSSR count). The molecule has 7 heteroatoms. The molecule has 0 aliphatic rings. The minimum absolute atomic E-state index is 0.0791. The second-order valence-corrected chi connectivity index (χ2v) is 7.38. The Labute approximate surface area is 106 Å². The fourth-order valence-electron chi connectivity index (χ4n) is 0.158. The molecule has 6 nitrogen and oxygen atoms in total. The lowest BCUT2D eigenvalue weighted by Crippen LogP contribution is -2.27. The van der Waals surface area contributed by atoms with E-state index in [4.69, 9.17) is 0 Å². The van der Waals surface area contributed by atoms with E-state index in [-0.39, 0.29) is 6.61 Å². The van der Waals surface area contributed by atoms with Crippen LogP contribution in [-0.4, -0.2) is 72.0 Å². The molecule has 0 bridgehead atoms. The molecule has 0 radical (unpaired) electrons. The minimum atomic E-state index is -4.67. The van der Waals surface area contributed by atoms with Crippen LogP contribution < -0.4 is 9.79 Å². The molecule has 0 N–H and O–H groups in total. The van der Waals surface area contributed by atoms with Crippen molar-refractivity contribution in [3.05, 3.63) is 0 Å². The quantitative estimate of drug-likeness (QED) is 0.501. The molecule has 0 aromatic heterocycles. The van der Waals surface area contributed by atoms with E-state index in [0.717, 1.165) is 8.97 Å². The van der Waals surface area contributed by atoms with Crippen LogP contribution >= 0.6 is 7.82 Å². The van der Waals surface area contributed by atoms with Crippen molar-refractivity contribution in [2.24, 2.45) is 0 Å². The van der Waals surface area contributed by atoms with Crippen LogP contribution in [0.4, 0.5) is 0 Å². The van der Waals surface area contributed by atoms with Gasteiger partial charge in [0.25, 0.3) is 0 Å². The molecule has 0 unspecified atom stereocenters. The standard InChI is InChI=1S/2C4H12N.C2H7O4P/c2*1-5(2,3)4;1-2-6-7(3,4)5/h2*1-4H3;2H2,1H3,(H2,3,4,5)/q2*+1;/p-2. The molecule has 108 valence electrons. The van der Waals surface area contributed by atoms with Crippen molar-refractivity contribution < 1.29 is 27.8 Å². The normalized spacial score (nSPS) is 11.9. The zero-order valence-electron chi connectivity index (χ0n) is 12.7. The van der Waals surface area contributed by atoms with Crippen molar-refractivity contribution in [1.82, 2.24) is 0 Å². The average Bonchev–Trinajstić information content (AvgIpc) is 1.73. The number of nitrogens with zero attached hydrogens (tertiary/aromatic N) is 2. The first kappa shape index (κ1) is 22.2. The highest BCUT2D eigenvalue weighted by atomic mass is 31.2. The lowest BCUT2D eigenvalue weighted by Gasteiger charge is -2.27. The summed E-state index contributed by atoms with van der Waals surface area (Å²) in [5, 5.41) is 0. The summed E-state index contributed by atoms with van der Waals surface area (Å²) in [6, 6.07) is 0. The minimum Gasteiger partial charge on any atom is -0.790 e. The van der Waals surface area contributed by atoms with Crippen LogP contribution in [0, 0.1) is 0 Å². The van der Waals surface area contributed by atoms with E-state index < -0.39 is 7.82 Å². The Morgan fingerprint density at radius 3 is 1.06 bits per heavy atom. The van der Waals surface area contributed by atoms with Crippen molar-refractivity contribution in [2.45, 2.75) is 6.92 Å². The van der Waals surface area contributed by atoms with Gasteiger partial charge in [-0.3, -0.25) is 0 Å². The van der Waals surface area contributed by atoms with E-state index in [9.17, 15) is 14.4 Å². The summed E-state index contributed by atoms with van der Waals surface area (Å²) >= 11 is 0. The number of phosphoric acid groups is 1. The summed E-state index contributed by atoms with van der Waals surface area (Å²) in [6.45, 7) is 1.35. The zero-order chi connectivity index (χ0) is 14.9. The Hall–Kier alpha value is 0.0300. The summed E-state index contributed by atoms with van der Waals surface area (Å²) in [7, 11) is 12.3. The van der Waals surface area contributed by atoms with Crippen molar-refractivity contribution in [3.8, 4) is 0 Å². The van der Waals surface area contributed by atoms with Gasteiger partial charge in [0.05, 0.1) is 64.2 Å². The van der Waals surface area contributed by atoms with Crippen molar-refractivity contribution in [2.75, 3.05) is 63.0 Å². The summed E-state index contributed by atoms with van der Waals surface area (Å²) in [4.78, 5) is 19.0. The number of hydrogen-bond donors (Lipinski definition) is 0. The molecule has 17 heavy (non-hydrogen) atoms. The predicted molar refractivity (Wildman–Crippen MR) is 67.1 cm³/mol. The third-order valence-corrected chi connectivity index (χ3v) is 0.862. The molecule has 0 aliphatic heterocycles. The van der Waals surface area contributed by atoms with Gasteiger partial charge in [-0.2, -0.15) is 0 Å². The lowest BCUT2D eigenvalue weighted by molar-refractivity contribution is -0.849. The Morgan fingerprint density at radius 2 is 1.06 bits per heavy atom. The van der Waals surface area contributed by atoms with Crippen LogP contribution in [0.5, 0.6) is 0 Å². The van der Waals surface area contributed by atoms with Gasteiger partial charge in [-0.15, -0.1) is 0 Å². The smallest absolute Gasteiger partial charge is 0.0675 e. The van der Waals surface area contributed by atoms with Crippen LogP contribution in [0.3, 0.4) is 0 Å². The maximum Gasteiger partial charge on any atom is 0.0675 e. The highest BCUT2D eigenvalue weighted by Gasteiger charge is 1.88. The van der Waals surface area contributed by atoms with Crippen molar-refractivity contribution >= 4 is 7.82 Å². The van der Waals surface area contributed by atoms with Crippen LogP contribution in [0.25, 0.3) is 0 Å². The molecular weight excluding hydrogens is 243 g/mol. The third-order valence-electron chi connectivity index (χ3n) is 0.287. The molecule has 0 atom stereocenters. The van der Waals surface area contributed by atoms with E-state index >= 15 is 0 Å². The van der Waals surface area contributed by atoms with Gasteiger partial charge in [0, 0.05) is 6.61 Å². The highest BCUT2D eigenvalue weighted by Crippen LogP contribution is 2.23. The maximum absolute atomic E-state index is 9.48. The fourth-order valence-corrected chi connectivity index (χ4v) is 0.474. The largest absolute Gasteiger partial charge is 0.790 e. The lowest BCUT2D eigenvalue weighted by atomic mass is 10.8. The number of rotatable bonds is 2. The van der Waals surface area contributed by atoms with E-state index in [1.165, 1.54) is 6.92 Å². The van der Waals surface area contributed by atoms with E-state index in [2.05, 4.69) is 60.9 Å². The third kappa shape index (κ3) is 194. The first-order chi connectivity index (χ1) is 7.06. The van der Waals surface area contributed by atoms with Gasteiger partial charge in [-0.1, -0.05) is 0 Å². The van der Waals surface area contributed by atoms with Gasteiger partial charge in [-0.05, 0) is 6.92 Å². The van der Waals surface area contributed by atoms with Crippen molar-refractivity contribution in [3.63, 3.8) is 0 Å². The molecule has 0 fully saturated rings. The molecule has 0 saturated heterocycles. The summed E-state index contributed by atoms with van der Waals surface area (Å²) in [5.74, 6) is 0. The van der Waals surface area contributed by atoms with Gasteiger partial charge >= 0.3 is 0 Å². The average molecular weight is 272 g/mol. The van der Waals surface area contributed by atoms with E-state index in [1.807, 2.05) is 0 Å². The summed E-state index contributed by atoms with van der Waals surface area (Å²) < 4.78 is 15.2. The second-order valence-electron chi connectivity index (χ2n) is 6.23. The van der Waals surface area contributed by atoms with Gasteiger partial charge in [0.2, 0.25) is 0 Å². The molecule has 0 aliphatic carbocycles. The van der Waals surface area contributed by atoms with Gasteiger partial charge in [0.15, 0.2) is 0 Å². The fraction of sp³-hybridized carbons (Fsp3) is 1.00. The van der Waals surface area contributed by atoms with Gasteiger partial charge < -0.3 is 27.8 Å². The molecular formula is C10H29N2O4P. The summed E-state index contributed by atoms with van der Waals surface area (Å²) in [5.41, 5.74) is 0. The number of phosphoric ester groups is 1. The monoisotopic (exact) mass is 272 g/mol. The molecule has 0 heterocycles. The highest BCUT2D eigenvalue weighted by molar-refractivity contribution is 7.43. The number of quaternary nitrogens is 2. The summed E-state index contributed by atoms with van der Waals surface area (Å²) in [6.07, 6.45) is 0. The Bertz CT molecular complexity index is 191. The van der Waals surface area contributed by atoms with E-state index in [1.54, 1.807) is 0 Å². The Kier molecular flexibility index (Phi) is 11.8. The molecule has 0 aromatic carbocycles.